The van der Waals surface area contributed by atoms with Gasteiger partial charge in [-0.3, -0.25) is 0 Å². The van der Waals surface area contributed by atoms with Gasteiger partial charge < -0.3 is 4.84 Å². The second-order valence-corrected chi connectivity index (χ2v) is 2.19. The topological polar surface area (TPSA) is 21.6 Å². The monoisotopic (exact) mass is 151 g/mol. The molecular weight excluding hydrogens is 140 g/mol. The first-order chi connectivity index (χ1) is 4.63. The van der Waals surface area contributed by atoms with Gasteiger partial charge in [-0.1, -0.05) is 19.0 Å². The Morgan fingerprint density at radius 1 is 1.50 bits per heavy atom. The summed E-state index contributed by atoms with van der Waals surface area (Å²) >= 11 is 0. The average molecular weight is 151 g/mol. The van der Waals surface area contributed by atoms with E-state index in [2.05, 4.69) is 9.99 Å². The maximum absolute atomic E-state index is 11.4. The van der Waals surface area contributed by atoms with Crippen LogP contribution in [-0.4, -0.2) is 19.2 Å². The molecule has 0 radical (unpaired) electrons. The highest BCUT2D eigenvalue weighted by Crippen LogP contribution is 1.93. The Kier molecular flexibility index (Phi) is 4.80. The molecule has 0 fully saturated rings. The van der Waals surface area contributed by atoms with E-state index in [-0.39, 0.29) is 5.92 Å². The zero-order valence-electron chi connectivity index (χ0n) is 6.05. The average Bonchev–Trinajstić information content (AvgIpc) is 1.79. The summed E-state index contributed by atoms with van der Waals surface area (Å²) in [6.45, 7) is 3.15. The Morgan fingerprint density at radius 2 is 2.10 bits per heavy atom. The van der Waals surface area contributed by atoms with Crippen molar-refractivity contribution in [2.45, 2.75) is 20.3 Å². The molecule has 0 bridgehead atoms. The van der Waals surface area contributed by atoms with E-state index in [1.807, 2.05) is 13.8 Å². The molecule has 0 atom stereocenters. The highest BCUT2D eigenvalue weighted by Gasteiger charge is 1.99. The van der Waals surface area contributed by atoms with E-state index >= 15 is 0 Å². The van der Waals surface area contributed by atoms with Crippen LogP contribution in [-0.2, 0) is 4.84 Å². The second-order valence-electron chi connectivity index (χ2n) is 2.19. The van der Waals surface area contributed by atoms with Crippen LogP contribution in [0.1, 0.15) is 13.8 Å². The number of hydrogen-bond acceptors (Lipinski definition) is 2. The quantitative estimate of drug-likeness (QED) is 0.444. The Labute approximate surface area is 58.9 Å². The molecule has 0 rings (SSSR count). The summed E-state index contributed by atoms with van der Waals surface area (Å²) in [4.78, 5) is 4.23. The highest BCUT2D eigenvalue weighted by molar-refractivity contribution is 5.58. The molecule has 0 amide bonds. The molecule has 0 aliphatic carbocycles. The predicted molar refractivity (Wildman–Crippen MR) is 35.3 cm³/mol. The van der Waals surface area contributed by atoms with E-state index in [0.717, 1.165) is 0 Å². The third kappa shape index (κ3) is 7.33. The van der Waals surface area contributed by atoms with Crippen molar-refractivity contribution in [2.24, 2.45) is 11.1 Å². The van der Waals surface area contributed by atoms with Crippen LogP contribution in [0.15, 0.2) is 5.16 Å². The summed E-state index contributed by atoms with van der Waals surface area (Å²) < 4.78 is 22.7. The summed E-state index contributed by atoms with van der Waals surface area (Å²) in [6.07, 6.45) is -0.966. The Morgan fingerprint density at radius 3 is 2.50 bits per heavy atom. The molecule has 0 aromatic heterocycles. The minimum atomic E-state index is -2.44. The lowest BCUT2D eigenvalue weighted by molar-refractivity contribution is 0.0204. The van der Waals surface area contributed by atoms with Crippen molar-refractivity contribution in [1.29, 1.82) is 0 Å². The summed E-state index contributed by atoms with van der Waals surface area (Å²) in [5, 5.41) is 3.31. The first-order valence-corrected chi connectivity index (χ1v) is 3.06. The maximum atomic E-state index is 11.4. The molecule has 10 heavy (non-hydrogen) atoms. The zero-order valence-corrected chi connectivity index (χ0v) is 6.05. The van der Waals surface area contributed by atoms with Gasteiger partial charge in [-0.25, -0.2) is 8.78 Å². The van der Waals surface area contributed by atoms with Gasteiger partial charge in [0.05, 0.1) is 0 Å². The Balaban J connectivity index is 3.19. The molecule has 0 saturated heterocycles. The standard InChI is InChI=1S/C6H11F2NO/c1-5(2)3-9-10-4-6(7)8/h3,5-6H,4H2,1-2H3/b9-3+. The number of alkyl halides is 2. The maximum Gasteiger partial charge on any atom is 0.274 e. The number of halogens is 2. The van der Waals surface area contributed by atoms with E-state index in [1.54, 1.807) is 0 Å². The van der Waals surface area contributed by atoms with Crippen LogP contribution in [0.4, 0.5) is 8.78 Å². The molecule has 0 heterocycles. The summed E-state index contributed by atoms with van der Waals surface area (Å²) in [5.41, 5.74) is 0. The van der Waals surface area contributed by atoms with Crippen molar-refractivity contribution in [3.8, 4) is 0 Å². The fourth-order valence-corrected chi connectivity index (χ4v) is 0.264. The molecule has 0 unspecified atom stereocenters. The van der Waals surface area contributed by atoms with Crippen LogP contribution in [0.5, 0.6) is 0 Å². The molecule has 0 aliphatic rings. The second kappa shape index (κ2) is 5.14. The van der Waals surface area contributed by atoms with Crippen molar-refractivity contribution in [3.05, 3.63) is 0 Å². The number of rotatable bonds is 4. The van der Waals surface area contributed by atoms with Gasteiger partial charge in [0.25, 0.3) is 6.43 Å². The first-order valence-electron chi connectivity index (χ1n) is 3.06. The van der Waals surface area contributed by atoms with Crippen molar-refractivity contribution >= 4 is 6.21 Å². The van der Waals surface area contributed by atoms with Crippen molar-refractivity contribution < 1.29 is 13.6 Å². The summed E-state index contributed by atoms with van der Waals surface area (Å²) in [6, 6.07) is 0. The fourth-order valence-electron chi connectivity index (χ4n) is 0.264. The highest BCUT2D eigenvalue weighted by atomic mass is 19.3. The van der Waals surface area contributed by atoms with Crippen LogP contribution in [0.2, 0.25) is 0 Å². The number of oxime groups is 1. The molecule has 0 N–H and O–H groups in total. The van der Waals surface area contributed by atoms with E-state index in [0.29, 0.717) is 0 Å². The van der Waals surface area contributed by atoms with Gasteiger partial charge in [0.2, 0.25) is 0 Å². The van der Waals surface area contributed by atoms with Gasteiger partial charge in [-0.15, -0.1) is 0 Å². The van der Waals surface area contributed by atoms with Gasteiger partial charge in [0.15, 0.2) is 6.61 Å². The Hall–Kier alpha value is -0.670. The molecule has 60 valence electrons. The van der Waals surface area contributed by atoms with Crippen LogP contribution in [0.3, 0.4) is 0 Å². The molecule has 0 saturated carbocycles. The molecular formula is C6H11F2NO. The van der Waals surface area contributed by atoms with E-state index in [4.69, 9.17) is 0 Å². The van der Waals surface area contributed by atoms with Gasteiger partial charge >= 0.3 is 0 Å². The van der Waals surface area contributed by atoms with Gasteiger partial charge in [0, 0.05) is 6.21 Å². The molecule has 0 aromatic rings. The molecule has 0 aromatic carbocycles. The van der Waals surface area contributed by atoms with Gasteiger partial charge in [-0.2, -0.15) is 0 Å². The normalized spacial score (nSPS) is 11.8. The fraction of sp³-hybridized carbons (Fsp3) is 0.833. The molecule has 2 nitrogen and oxygen atoms in total. The minimum Gasteiger partial charge on any atom is -0.390 e. The minimum absolute atomic E-state index is 0.234. The summed E-state index contributed by atoms with van der Waals surface area (Å²) in [7, 11) is 0. The van der Waals surface area contributed by atoms with Gasteiger partial charge in [0.1, 0.15) is 0 Å². The third-order valence-electron chi connectivity index (χ3n) is 0.634. The van der Waals surface area contributed by atoms with E-state index in [1.165, 1.54) is 6.21 Å². The van der Waals surface area contributed by atoms with Gasteiger partial charge in [-0.05, 0) is 5.92 Å². The van der Waals surface area contributed by atoms with Crippen molar-refractivity contribution in [2.75, 3.05) is 6.61 Å². The summed E-state index contributed by atoms with van der Waals surface area (Å²) in [5.74, 6) is 0.234. The van der Waals surface area contributed by atoms with Crippen molar-refractivity contribution in [1.82, 2.24) is 0 Å². The van der Waals surface area contributed by atoms with Crippen LogP contribution in [0.25, 0.3) is 0 Å². The van der Waals surface area contributed by atoms with E-state index < -0.39 is 13.0 Å². The molecule has 0 spiro atoms. The first kappa shape index (κ1) is 9.33. The van der Waals surface area contributed by atoms with E-state index in [9.17, 15) is 8.78 Å². The van der Waals surface area contributed by atoms with Crippen LogP contribution < -0.4 is 0 Å². The van der Waals surface area contributed by atoms with Crippen LogP contribution >= 0.6 is 0 Å². The number of nitrogens with zero attached hydrogens (tertiary/aromatic N) is 1. The molecule has 0 aliphatic heterocycles. The third-order valence-corrected chi connectivity index (χ3v) is 0.634. The zero-order chi connectivity index (χ0) is 7.98. The Bertz CT molecular complexity index is 104. The largest absolute Gasteiger partial charge is 0.390 e. The smallest absolute Gasteiger partial charge is 0.274 e. The SMILES string of the molecule is CC(C)/C=N/OCC(F)F. The van der Waals surface area contributed by atoms with Crippen molar-refractivity contribution in [3.63, 3.8) is 0 Å². The van der Waals surface area contributed by atoms with Crippen LogP contribution in [0, 0.1) is 5.92 Å². The lowest BCUT2D eigenvalue weighted by Crippen LogP contribution is -2.00. The predicted octanol–water partition coefficient (Wildman–Crippen LogP) is 1.91. The lowest BCUT2D eigenvalue weighted by Gasteiger charge is -1.96. The molecule has 4 heteroatoms. The number of hydrogen-bond donors (Lipinski definition) is 0. The lowest BCUT2D eigenvalue weighted by atomic mass is 10.3.